The van der Waals surface area contributed by atoms with Gasteiger partial charge in [0.25, 0.3) is 11.8 Å². The predicted molar refractivity (Wildman–Crippen MR) is 113 cm³/mol. The molecular formula is C24H24F4N2O3. The second-order valence-electron chi connectivity index (χ2n) is 8.19. The second-order valence-corrected chi connectivity index (χ2v) is 8.19. The van der Waals surface area contributed by atoms with E-state index in [9.17, 15) is 31.9 Å². The van der Waals surface area contributed by atoms with E-state index >= 15 is 0 Å². The minimum atomic E-state index is -3.32. The fourth-order valence-corrected chi connectivity index (χ4v) is 3.51. The molecular weight excluding hydrogens is 440 g/mol. The van der Waals surface area contributed by atoms with E-state index in [-0.39, 0.29) is 11.1 Å². The van der Waals surface area contributed by atoms with Gasteiger partial charge in [0, 0.05) is 37.1 Å². The molecule has 0 radical (unpaired) electrons. The Morgan fingerprint density at radius 1 is 0.667 bits per heavy atom. The lowest BCUT2D eigenvalue weighted by molar-refractivity contribution is -0.143. The van der Waals surface area contributed by atoms with Gasteiger partial charge in [0.2, 0.25) is 11.8 Å². The standard InChI is InChI=1S/C24H24F4N2O3/c1-16-3-7-18(8-4-16)23(25,26)11-13-29-20(31)15-21(32)30(22(29)33)14-12-24(27,28)19-9-5-17(2)6-10-19/h3-10H,11-15H2,1-2H3. The molecule has 0 unspecified atom stereocenters. The fourth-order valence-electron chi connectivity index (χ4n) is 3.51. The lowest BCUT2D eigenvalue weighted by atomic mass is 10.0. The van der Waals surface area contributed by atoms with Crippen molar-refractivity contribution in [2.45, 2.75) is 45.0 Å². The summed E-state index contributed by atoms with van der Waals surface area (Å²) in [7, 11) is 0. The summed E-state index contributed by atoms with van der Waals surface area (Å²) in [4.78, 5) is 38.1. The van der Waals surface area contributed by atoms with Crippen molar-refractivity contribution >= 4 is 17.8 Å². The van der Waals surface area contributed by atoms with Crippen LogP contribution in [0.5, 0.6) is 0 Å². The van der Waals surface area contributed by atoms with Gasteiger partial charge in [0.15, 0.2) is 0 Å². The van der Waals surface area contributed by atoms with Gasteiger partial charge >= 0.3 is 6.03 Å². The van der Waals surface area contributed by atoms with Gasteiger partial charge in [-0.1, -0.05) is 59.7 Å². The molecule has 1 aliphatic rings. The number of amides is 4. The predicted octanol–water partition coefficient (Wildman–Crippen LogP) is 5.15. The second kappa shape index (κ2) is 9.33. The van der Waals surface area contributed by atoms with Crippen LogP contribution in [0.1, 0.15) is 41.5 Å². The van der Waals surface area contributed by atoms with E-state index in [2.05, 4.69) is 0 Å². The number of alkyl halides is 4. The van der Waals surface area contributed by atoms with E-state index in [1.165, 1.54) is 48.5 Å². The maximum Gasteiger partial charge on any atom is 0.333 e. The molecule has 3 rings (SSSR count). The van der Waals surface area contributed by atoms with Crippen LogP contribution in [0, 0.1) is 13.8 Å². The number of benzene rings is 2. The number of carbonyl (C=O) groups is 3. The molecule has 1 saturated heterocycles. The molecule has 1 aliphatic heterocycles. The van der Waals surface area contributed by atoms with Crippen LogP contribution in [0.4, 0.5) is 22.4 Å². The number of halogens is 4. The van der Waals surface area contributed by atoms with Crippen LogP contribution < -0.4 is 0 Å². The Labute approximate surface area is 189 Å². The minimum absolute atomic E-state index is 0.268. The van der Waals surface area contributed by atoms with E-state index in [1.807, 2.05) is 0 Å². The van der Waals surface area contributed by atoms with Gasteiger partial charge in [-0.2, -0.15) is 0 Å². The zero-order valence-corrected chi connectivity index (χ0v) is 18.3. The molecule has 9 heteroatoms. The maximum atomic E-state index is 14.6. The molecule has 0 atom stereocenters. The third-order valence-corrected chi connectivity index (χ3v) is 5.61. The first kappa shape index (κ1) is 24.4. The Morgan fingerprint density at radius 2 is 1.00 bits per heavy atom. The van der Waals surface area contributed by atoms with Crippen LogP contribution in [0.25, 0.3) is 0 Å². The Balaban J connectivity index is 1.67. The van der Waals surface area contributed by atoms with E-state index in [0.717, 1.165) is 11.1 Å². The summed E-state index contributed by atoms with van der Waals surface area (Å²) in [5, 5.41) is 0. The average molecular weight is 464 g/mol. The average Bonchev–Trinajstić information content (AvgIpc) is 2.73. The topological polar surface area (TPSA) is 57.7 Å². The molecule has 0 bridgehead atoms. The van der Waals surface area contributed by atoms with Crippen LogP contribution >= 0.6 is 0 Å². The number of rotatable bonds is 8. The van der Waals surface area contributed by atoms with E-state index in [0.29, 0.717) is 9.80 Å². The molecule has 0 aromatic heterocycles. The van der Waals surface area contributed by atoms with Crippen molar-refractivity contribution in [2.75, 3.05) is 13.1 Å². The van der Waals surface area contributed by atoms with Crippen molar-refractivity contribution in [3.05, 3.63) is 70.8 Å². The summed E-state index contributed by atoms with van der Waals surface area (Å²) < 4.78 is 58.2. The molecule has 1 heterocycles. The molecule has 0 N–H and O–H groups in total. The maximum absolute atomic E-state index is 14.6. The molecule has 2 aromatic rings. The molecule has 33 heavy (non-hydrogen) atoms. The van der Waals surface area contributed by atoms with Gasteiger partial charge < -0.3 is 0 Å². The minimum Gasteiger partial charge on any atom is -0.274 e. The fraction of sp³-hybridized carbons (Fsp3) is 0.375. The van der Waals surface area contributed by atoms with Crippen LogP contribution in [-0.4, -0.2) is 40.7 Å². The third kappa shape index (κ3) is 5.58. The molecule has 0 saturated carbocycles. The first-order chi connectivity index (χ1) is 15.4. The van der Waals surface area contributed by atoms with Crippen molar-refractivity contribution < 1.29 is 31.9 Å². The lowest BCUT2D eigenvalue weighted by Gasteiger charge is -2.34. The summed E-state index contributed by atoms with van der Waals surface area (Å²) >= 11 is 0. The summed E-state index contributed by atoms with van der Waals surface area (Å²) in [6.07, 6.45) is -2.44. The SMILES string of the molecule is Cc1ccc(C(F)(F)CCN2C(=O)CC(=O)N(CCC(F)(F)c3ccc(C)cc3)C2=O)cc1. The highest BCUT2D eigenvalue weighted by atomic mass is 19.3. The summed E-state index contributed by atoms with van der Waals surface area (Å²) in [6, 6.07) is 9.98. The highest BCUT2D eigenvalue weighted by molar-refractivity contribution is 6.14. The van der Waals surface area contributed by atoms with Gasteiger partial charge in [0.05, 0.1) is 0 Å². The van der Waals surface area contributed by atoms with Crippen LogP contribution in [0.15, 0.2) is 48.5 Å². The zero-order chi connectivity index (χ0) is 24.4. The number of barbiturate groups is 1. The number of hydrogen-bond donors (Lipinski definition) is 0. The van der Waals surface area contributed by atoms with Crippen molar-refractivity contribution in [1.29, 1.82) is 0 Å². The molecule has 5 nitrogen and oxygen atoms in total. The monoisotopic (exact) mass is 464 g/mol. The Bertz CT molecular complexity index is 955. The van der Waals surface area contributed by atoms with Gasteiger partial charge in [-0.3, -0.25) is 19.4 Å². The summed E-state index contributed by atoms with van der Waals surface area (Å²) in [5.41, 5.74) is 1.06. The van der Waals surface area contributed by atoms with Crippen molar-refractivity contribution in [3.63, 3.8) is 0 Å². The molecule has 0 spiro atoms. The first-order valence-electron chi connectivity index (χ1n) is 10.5. The van der Waals surface area contributed by atoms with Crippen LogP contribution in [-0.2, 0) is 21.4 Å². The number of aryl methyl sites for hydroxylation is 2. The normalized spacial score (nSPS) is 15.4. The first-order valence-corrected chi connectivity index (χ1v) is 10.5. The van der Waals surface area contributed by atoms with E-state index < -0.39 is 62.0 Å². The van der Waals surface area contributed by atoms with E-state index in [4.69, 9.17) is 0 Å². The molecule has 2 aromatic carbocycles. The van der Waals surface area contributed by atoms with Gasteiger partial charge in [-0.25, -0.2) is 22.4 Å². The number of carbonyl (C=O) groups excluding carboxylic acids is 3. The molecule has 0 aliphatic carbocycles. The zero-order valence-electron chi connectivity index (χ0n) is 18.3. The van der Waals surface area contributed by atoms with Crippen LogP contribution in [0.2, 0.25) is 0 Å². The quantitative estimate of drug-likeness (QED) is 0.401. The summed E-state index contributed by atoms with van der Waals surface area (Å²) in [5.74, 6) is -8.49. The molecule has 4 amide bonds. The largest absolute Gasteiger partial charge is 0.333 e. The number of imide groups is 2. The van der Waals surface area contributed by atoms with Gasteiger partial charge in [-0.05, 0) is 13.8 Å². The van der Waals surface area contributed by atoms with Crippen molar-refractivity contribution in [3.8, 4) is 0 Å². The molecule has 176 valence electrons. The lowest BCUT2D eigenvalue weighted by Crippen LogP contribution is -2.56. The van der Waals surface area contributed by atoms with Gasteiger partial charge in [0.1, 0.15) is 6.42 Å². The van der Waals surface area contributed by atoms with Crippen molar-refractivity contribution in [1.82, 2.24) is 9.80 Å². The van der Waals surface area contributed by atoms with E-state index in [1.54, 1.807) is 13.8 Å². The third-order valence-electron chi connectivity index (χ3n) is 5.61. The Kier molecular flexibility index (Phi) is 6.90. The smallest absolute Gasteiger partial charge is 0.274 e. The van der Waals surface area contributed by atoms with Gasteiger partial charge in [-0.15, -0.1) is 0 Å². The van der Waals surface area contributed by atoms with Crippen LogP contribution in [0.3, 0.4) is 0 Å². The Hall–Kier alpha value is -3.23. The highest BCUT2D eigenvalue weighted by Crippen LogP contribution is 2.34. The number of hydrogen-bond acceptors (Lipinski definition) is 3. The summed E-state index contributed by atoms with van der Waals surface area (Å²) in [6.45, 7) is 2.22. The highest BCUT2D eigenvalue weighted by Gasteiger charge is 2.42. The molecule has 1 fully saturated rings. The number of nitrogens with zero attached hydrogens (tertiary/aromatic N) is 2. The van der Waals surface area contributed by atoms with Crippen molar-refractivity contribution in [2.24, 2.45) is 0 Å². The Morgan fingerprint density at radius 3 is 1.33 bits per heavy atom. The number of urea groups is 1.